The first kappa shape index (κ1) is 22.0. The second-order valence-electron chi connectivity index (χ2n) is 7.03. The molecule has 3 aromatic carbocycles. The number of benzene rings is 3. The van der Waals surface area contributed by atoms with E-state index in [1.165, 1.54) is 24.3 Å². The van der Waals surface area contributed by atoms with Crippen LogP contribution in [0, 0.1) is 5.82 Å². The zero-order valence-electron chi connectivity index (χ0n) is 17.2. The molecular weight excluding hydrogens is 443 g/mol. The number of carbonyl (C=O) groups is 1. The Hall–Kier alpha value is -4.24. The molecule has 4 aromatic rings. The lowest BCUT2D eigenvalue weighted by molar-refractivity contribution is 0.262. The van der Waals surface area contributed by atoms with E-state index in [-0.39, 0.29) is 10.7 Å². The highest BCUT2D eigenvalue weighted by Crippen LogP contribution is 2.24. The predicted molar refractivity (Wildman–Crippen MR) is 126 cm³/mol. The molecule has 2 amide bonds. The maximum Gasteiger partial charge on any atom is 0.323 e. The number of urea groups is 1. The molecule has 0 fully saturated rings. The number of aromatic nitrogens is 1. The summed E-state index contributed by atoms with van der Waals surface area (Å²) < 4.78 is 41.4. The van der Waals surface area contributed by atoms with E-state index in [4.69, 9.17) is 0 Å². The topological polar surface area (TPSA) is 100 Å². The zero-order valence-corrected chi connectivity index (χ0v) is 18.0. The van der Waals surface area contributed by atoms with E-state index in [1.54, 1.807) is 73.1 Å². The van der Waals surface area contributed by atoms with Crippen molar-refractivity contribution < 1.29 is 17.6 Å². The van der Waals surface area contributed by atoms with E-state index in [1.807, 2.05) is 0 Å². The van der Waals surface area contributed by atoms with Gasteiger partial charge in [0, 0.05) is 29.5 Å². The summed E-state index contributed by atoms with van der Waals surface area (Å²) in [5, 5.41) is 5.33. The van der Waals surface area contributed by atoms with Crippen LogP contribution in [-0.2, 0) is 10.0 Å². The number of halogens is 1. The van der Waals surface area contributed by atoms with Gasteiger partial charge in [0.1, 0.15) is 5.82 Å². The fraction of sp³-hybridized carbons (Fsp3) is 0. The van der Waals surface area contributed by atoms with Crippen LogP contribution < -0.4 is 15.4 Å². The first-order valence-electron chi connectivity index (χ1n) is 9.86. The van der Waals surface area contributed by atoms with Crippen LogP contribution in [0.25, 0.3) is 11.1 Å². The van der Waals surface area contributed by atoms with Gasteiger partial charge in [0.05, 0.1) is 4.90 Å². The largest absolute Gasteiger partial charge is 0.323 e. The summed E-state index contributed by atoms with van der Waals surface area (Å²) in [7, 11) is -3.86. The van der Waals surface area contributed by atoms with E-state index in [0.717, 1.165) is 0 Å². The standard InChI is InChI=1S/C24H19FN4O3S/c25-19-6-4-17(5-7-19)18-2-1-3-23(16-18)33(31,32)29-22-10-8-20(9-11-22)27-24(30)28-21-12-14-26-15-13-21/h1-16,29H,(H2,26,27,28,30). The Kier molecular flexibility index (Phi) is 6.32. The minimum Gasteiger partial charge on any atom is -0.308 e. The van der Waals surface area contributed by atoms with Crippen LogP contribution in [-0.4, -0.2) is 19.4 Å². The van der Waals surface area contributed by atoms with E-state index in [9.17, 15) is 17.6 Å². The maximum atomic E-state index is 13.2. The van der Waals surface area contributed by atoms with Crippen LogP contribution in [0.15, 0.2) is 102 Å². The summed E-state index contributed by atoms with van der Waals surface area (Å²) >= 11 is 0. The number of hydrogen-bond donors (Lipinski definition) is 3. The summed E-state index contributed by atoms with van der Waals surface area (Å²) in [6.45, 7) is 0. The monoisotopic (exact) mass is 462 g/mol. The molecule has 1 heterocycles. The Balaban J connectivity index is 1.43. The molecule has 0 radical (unpaired) electrons. The molecule has 0 saturated carbocycles. The highest BCUT2D eigenvalue weighted by atomic mass is 32.2. The number of amides is 2. The van der Waals surface area contributed by atoms with E-state index < -0.39 is 16.1 Å². The molecule has 0 atom stereocenters. The number of nitrogens with zero attached hydrogens (tertiary/aromatic N) is 1. The van der Waals surface area contributed by atoms with Crippen molar-refractivity contribution in [3.8, 4) is 11.1 Å². The average molecular weight is 463 g/mol. The van der Waals surface area contributed by atoms with Gasteiger partial charge in [-0.25, -0.2) is 17.6 Å². The fourth-order valence-electron chi connectivity index (χ4n) is 3.05. The normalized spacial score (nSPS) is 10.9. The number of nitrogens with one attached hydrogen (secondary N) is 3. The molecule has 7 nitrogen and oxygen atoms in total. The summed E-state index contributed by atoms with van der Waals surface area (Å²) in [4.78, 5) is 16.0. The number of carbonyl (C=O) groups excluding carboxylic acids is 1. The molecule has 0 spiro atoms. The number of anilines is 3. The van der Waals surface area contributed by atoms with Gasteiger partial charge in [0.25, 0.3) is 10.0 Å². The molecule has 4 rings (SSSR count). The van der Waals surface area contributed by atoms with Crippen LogP contribution in [0.5, 0.6) is 0 Å². The van der Waals surface area contributed by atoms with E-state index in [2.05, 4.69) is 20.3 Å². The third-order valence-corrected chi connectivity index (χ3v) is 6.03. The second kappa shape index (κ2) is 9.49. The van der Waals surface area contributed by atoms with Gasteiger partial charge in [-0.2, -0.15) is 0 Å². The van der Waals surface area contributed by atoms with Crippen molar-refractivity contribution in [2.75, 3.05) is 15.4 Å². The number of pyridine rings is 1. The van der Waals surface area contributed by atoms with Crippen molar-refractivity contribution >= 4 is 33.1 Å². The van der Waals surface area contributed by atoms with Gasteiger partial charge < -0.3 is 10.6 Å². The molecule has 166 valence electrons. The van der Waals surface area contributed by atoms with Crippen LogP contribution >= 0.6 is 0 Å². The Bertz CT molecular complexity index is 1360. The van der Waals surface area contributed by atoms with Gasteiger partial charge in [-0.05, 0) is 71.8 Å². The van der Waals surface area contributed by atoms with Crippen molar-refractivity contribution in [1.82, 2.24) is 4.98 Å². The fourth-order valence-corrected chi connectivity index (χ4v) is 4.15. The minimum atomic E-state index is -3.86. The minimum absolute atomic E-state index is 0.0725. The Morgan fingerprint density at radius 2 is 1.33 bits per heavy atom. The van der Waals surface area contributed by atoms with Gasteiger partial charge in [0.2, 0.25) is 0 Å². The third kappa shape index (κ3) is 5.72. The van der Waals surface area contributed by atoms with Crippen molar-refractivity contribution in [1.29, 1.82) is 0 Å². The number of rotatable bonds is 6. The van der Waals surface area contributed by atoms with Crippen LogP contribution in [0.3, 0.4) is 0 Å². The molecule has 0 saturated heterocycles. The van der Waals surface area contributed by atoms with Crippen molar-refractivity contribution in [2.24, 2.45) is 0 Å². The molecule has 0 aliphatic rings. The maximum absolute atomic E-state index is 13.2. The summed E-state index contributed by atoms with van der Waals surface area (Å²) in [5.41, 5.74) is 2.77. The summed E-state index contributed by atoms with van der Waals surface area (Å²) in [6.07, 6.45) is 3.12. The average Bonchev–Trinajstić information content (AvgIpc) is 2.81. The van der Waals surface area contributed by atoms with E-state index in [0.29, 0.717) is 28.2 Å². The lowest BCUT2D eigenvalue weighted by atomic mass is 10.1. The van der Waals surface area contributed by atoms with E-state index >= 15 is 0 Å². The van der Waals surface area contributed by atoms with Gasteiger partial charge in [-0.3, -0.25) is 9.71 Å². The summed E-state index contributed by atoms with van der Waals surface area (Å²) in [5.74, 6) is -0.364. The predicted octanol–water partition coefficient (Wildman–Crippen LogP) is 5.33. The first-order chi connectivity index (χ1) is 15.9. The molecule has 0 bridgehead atoms. The van der Waals surface area contributed by atoms with Gasteiger partial charge in [-0.1, -0.05) is 24.3 Å². The molecule has 33 heavy (non-hydrogen) atoms. The molecule has 0 aliphatic heterocycles. The smallest absolute Gasteiger partial charge is 0.308 e. The second-order valence-corrected chi connectivity index (χ2v) is 8.71. The first-order valence-corrected chi connectivity index (χ1v) is 11.3. The highest BCUT2D eigenvalue weighted by Gasteiger charge is 2.15. The van der Waals surface area contributed by atoms with Crippen molar-refractivity contribution in [3.05, 3.63) is 103 Å². The van der Waals surface area contributed by atoms with Crippen LogP contribution in [0.4, 0.5) is 26.2 Å². The van der Waals surface area contributed by atoms with Crippen molar-refractivity contribution in [3.63, 3.8) is 0 Å². The quantitative estimate of drug-likeness (QED) is 0.360. The molecule has 3 N–H and O–H groups in total. The molecule has 0 unspecified atom stereocenters. The highest BCUT2D eigenvalue weighted by molar-refractivity contribution is 7.92. The van der Waals surface area contributed by atoms with Gasteiger partial charge >= 0.3 is 6.03 Å². The number of hydrogen-bond acceptors (Lipinski definition) is 4. The van der Waals surface area contributed by atoms with Crippen LogP contribution in [0.1, 0.15) is 0 Å². The lowest BCUT2D eigenvalue weighted by Crippen LogP contribution is -2.19. The lowest BCUT2D eigenvalue weighted by Gasteiger charge is -2.11. The number of sulfonamides is 1. The Labute approximate surface area is 190 Å². The van der Waals surface area contributed by atoms with Gasteiger partial charge in [0.15, 0.2) is 0 Å². The van der Waals surface area contributed by atoms with Crippen molar-refractivity contribution in [2.45, 2.75) is 4.90 Å². The summed E-state index contributed by atoms with van der Waals surface area (Å²) in [6, 6.07) is 21.3. The molecule has 0 aliphatic carbocycles. The molecule has 1 aromatic heterocycles. The Morgan fingerprint density at radius 1 is 0.727 bits per heavy atom. The zero-order chi connectivity index (χ0) is 23.3. The Morgan fingerprint density at radius 3 is 2.00 bits per heavy atom. The SMILES string of the molecule is O=C(Nc1ccncc1)Nc1ccc(NS(=O)(=O)c2cccc(-c3ccc(F)cc3)c2)cc1. The van der Waals surface area contributed by atoms with Crippen LogP contribution in [0.2, 0.25) is 0 Å². The van der Waals surface area contributed by atoms with Gasteiger partial charge in [-0.15, -0.1) is 0 Å². The third-order valence-electron chi connectivity index (χ3n) is 4.66. The molecular formula is C24H19FN4O3S. The molecule has 9 heteroatoms.